The van der Waals surface area contributed by atoms with Crippen LogP contribution in [-0.4, -0.2) is 20.7 Å². The van der Waals surface area contributed by atoms with Gasteiger partial charge in [0.2, 0.25) is 5.91 Å². The van der Waals surface area contributed by atoms with Gasteiger partial charge in [-0.1, -0.05) is 66.7 Å². The van der Waals surface area contributed by atoms with Crippen LogP contribution in [0.15, 0.2) is 97.5 Å². The zero-order chi connectivity index (χ0) is 21.8. The molecule has 0 radical (unpaired) electrons. The molecule has 2 heterocycles. The van der Waals surface area contributed by atoms with E-state index in [9.17, 15) is 4.79 Å². The average Bonchev–Trinajstić information content (AvgIpc) is 3.49. The van der Waals surface area contributed by atoms with Crippen molar-refractivity contribution in [1.82, 2.24) is 20.1 Å². The molecule has 0 spiro atoms. The number of hydrogen-bond donors (Lipinski definition) is 2. The van der Waals surface area contributed by atoms with Crippen LogP contribution in [0.5, 0.6) is 0 Å². The topological polar surface area (TPSA) is 62.7 Å². The Labute approximate surface area is 186 Å². The average molecular weight is 421 g/mol. The SMILES string of the molecule is O=C(Cc1c[nH]c2ccccc12)NCc1ccccc1-c1ccc(Cn2cccn2)cc1. The van der Waals surface area contributed by atoms with Gasteiger partial charge in [-0.3, -0.25) is 9.48 Å². The van der Waals surface area contributed by atoms with E-state index in [0.29, 0.717) is 13.0 Å². The van der Waals surface area contributed by atoms with Crippen LogP contribution in [-0.2, 0) is 24.3 Å². The summed E-state index contributed by atoms with van der Waals surface area (Å²) in [4.78, 5) is 15.9. The normalized spacial score (nSPS) is 11.0. The number of aromatic amines is 1. The summed E-state index contributed by atoms with van der Waals surface area (Å²) in [7, 11) is 0. The van der Waals surface area contributed by atoms with E-state index in [0.717, 1.165) is 39.7 Å². The number of rotatable bonds is 7. The molecule has 3 aromatic carbocycles. The lowest BCUT2D eigenvalue weighted by Crippen LogP contribution is -2.24. The summed E-state index contributed by atoms with van der Waals surface area (Å²) >= 11 is 0. The summed E-state index contributed by atoms with van der Waals surface area (Å²) in [5, 5.41) is 8.45. The number of carbonyl (C=O) groups excluding carboxylic acids is 1. The third kappa shape index (κ3) is 4.32. The Balaban J connectivity index is 1.26. The van der Waals surface area contributed by atoms with E-state index >= 15 is 0 Å². The van der Waals surface area contributed by atoms with Crippen molar-refractivity contribution in [3.8, 4) is 11.1 Å². The lowest BCUT2D eigenvalue weighted by molar-refractivity contribution is -0.120. The largest absolute Gasteiger partial charge is 0.361 e. The van der Waals surface area contributed by atoms with Crippen molar-refractivity contribution < 1.29 is 4.79 Å². The van der Waals surface area contributed by atoms with Crippen molar-refractivity contribution in [2.75, 3.05) is 0 Å². The minimum Gasteiger partial charge on any atom is -0.361 e. The Morgan fingerprint density at radius 3 is 2.56 bits per heavy atom. The molecule has 0 aliphatic carbocycles. The summed E-state index contributed by atoms with van der Waals surface area (Å²) in [6, 6.07) is 26.7. The Morgan fingerprint density at radius 1 is 0.906 bits per heavy atom. The van der Waals surface area contributed by atoms with Gasteiger partial charge in [0.05, 0.1) is 13.0 Å². The van der Waals surface area contributed by atoms with Crippen LogP contribution in [0.25, 0.3) is 22.0 Å². The summed E-state index contributed by atoms with van der Waals surface area (Å²) in [5.74, 6) is 0.0131. The van der Waals surface area contributed by atoms with Crippen LogP contribution in [0, 0.1) is 0 Å². The highest BCUT2D eigenvalue weighted by Gasteiger charge is 2.10. The van der Waals surface area contributed by atoms with Crippen LogP contribution in [0.4, 0.5) is 0 Å². The second kappa shape index (κ2) is 8.94. The lowest BCUT2D eigenvalue weighted by atomic mass is 9.98. The van der Waals surface area contributed by atoms with Crippen LogP contribution >= 0.6 is 0 Å². The first-order chi connectivity index (χ1) is 15.8. The zero-order valence-corrected chi connectivity index (χ0v) is 17.7. The number of aromatic nitrogens is 3. The van der Waals surface area contributed by atoms with Gasteiger partial charge in [-0.05, 0) is 39.9 Å². The number of amides is 1. The molecule has 0 aliphatic heterocycles. The molecular formula is C27H24N4O. The number of hydrogen-bond acceptors (Lipinski definition) is 2. The van der Waals surface area contributed by atoms with Gasteiger partial charge in [0, 0.05) is 36.0 Å². The standard InChI is InChI=1S/C27H24N4O/c32-27(16-23-18-28-26-9-4-3-8-25(23)26)29-17-22-6-1-2-7-24(22)21-12-10-20(11-13-21)19-31-15-5-14-30-31/h1-15,18,28H,16-17,19H2,(H,29,32). The molecular weight excluding hydrogens is 396 g/mol. The minimum absolute atomic E-state index is 0.0131. The predicted octanol–water partition coefficient (Wildman–Crippen LogP) is 4.94. The number of para-hydroxylation sites is 1. The van der Waals surface area contributed by atoms with Gasteiger partial charge < -0.3 is 10.3 Å². The molecule has 5 nitrogen and oxygen atoms in total. The third-order valence-electron chi connectivity index (χ3n) is 5.69. The van der Waals surface area contributed by atoms with Crippen molar-refractivity contribution in [2.45, 2.75) is 19.5 Å². The van der Waals surface area contributed by atoms with Crippen molar-refractivity contribution in [1.29, 1.82) is 0 Å². The molecule has 0 atom stereocenters. The fourth-order valence-electron chi connectivity index (χ4n) is 4.03. The Kier molecular flexibility index (Phi) is 5.54. The number of nitrogens with one attached hydrogen (secondary N) is 2. The van der Waals surface area contributed by atoms with Crippen LogP contribution in [0.3, 0.4) is 0 Å². The lowest BCUT2D eigenvalue weighted by Gasteiger charge is -2.12. The van der Waals surface area contributed by atoms with E-state index < -0.39 is 0 Å². The first-order valence-corrected chi connectivity index (χ1v) is 10.7. The van der Waals surface area contributed by atoms with E-state index in [-0.39, 0.29) is 5.91 Å². The molecule has 0 bridgehead atoms. The highest BCUT2D eigenvalue weighted by molar-refractivity contribution is 5.88. The summed E-state index contributed by atoms with van der Waals surface area (Å²) in [5.41, 5.74) is 6.62. The molecule has 158 valence electrons. The van der Waals surface area contributed by atoms with Gasteiger partial charge >= 0.3 is 0 Å². The molecule has 0 saturated heterocycles. The third-order valence-corrected chi connectivity index (χ3v) is 5.69. The minimum atomic E-state index is 0.0131. The second-order valence-corrected chi connectivity index (χ2v) is 7.87. The summed E-state index contributed by atoms with van der Waals surface area (Å²) in [6.07, 6.45) is 6.02. The van der Waals surface area contributed by atoms with Gasteiger partial charge in [-0.25, -0.2) is 0 Å². The summed E-state index contributed by atoms with van der Waals surface area (Å²) in [6.45, 7) is 1.24. The van der Waals surface area contributed by atoms with Gasteiger partial charge in [-0.2, -0.15) is 5.10 Å². The van der Waals surface area contributed by atoms with Crippen LogP contribution in [0.1, 0.15) is 16.7 Å². The van der Waals surface area contributed by atoms with Gasteiger partial charge in [0.15, 0.2) is 0 Å². The van der Waals surface area contributed by atoms with Gasteiger partial charge in [-0.15, -0.1) is 0 Å². The second-order valence-electron chi connectivity index (χ2n) is 7.87. The molecule has 2 aromatic heterocycles. The van der Waals surface area contributed by atoms with Crippen LogP contribution < -0.4 is 5.32 Å². The molecule has 5 heteroatoms. The van der Waals surface area contributed by atoms with Gasteiger partial charge in [0.1, 0.15) is 0 Å². The first-order valence-electron chi connectivity index (χ1n) is 10.7. The molecule has 2 N–H and O–H groups in total. The Hall–Kier alpha value is -4.12. The predicted molar refractivity (Wildman–Crippen MR) is 127 cm³/mol. The van der Waals surface area contributed by atoms with Crippen molar-refractivity contribution in [3.05, 3.63) is 114 Å². The number of carbonyl (C=O) groups is 1. The van der Waals surface area contributed by atoms with E-state index in [1.807, 2.05) is 59.5 Å². The number of H-pyrrole nitrogens is 1. The maximum atomic E-state index is 12.6. The molecule has 5 rings (SSSR count). The first kappa shape index (κ1) is 19.8. The van der Waals surface area contributed by atoms with E-state index in [1.54, 1.807) is 6.20 Å². The maximum Gasteiger partial charge on any atom is 0.224 e. The maximum absolute atomic E-state index is 12.6. The quantitative estimate of drug-likeness (QED) is 0.392. The Morgan fingerprint density at radius 2 is 1.72 bits per heavy atom. The fraction of sp³-hybridized carbons (Fsp3) is 0.111. The fourth-order valence-corrected chi connectivity index (χ4v) is 4.03. The van der Waals surface area contributed by atoms with E-state index in [1.165, 1.54) is 5.56 Å². The number of fused-ring (bicyclic) bond motifs is 1. The highest BCUT2D eigenvalue weighted by atomic mass is 16.1. The van der Waals surface area contributed by atoms with E-state index in [2.05, 4.69) is 51.8 Å². The molecule has 0 unspecified atom stereocenters. The monoisotopic (exact) mass is 420 g/mol. The molecule has 0 saturated carbocycles. The molecule has 32 heavy (non-hydrogen) atoms. The van der Waals surface area contributed by atoms with Crippen molar-refractivity contribution >= 4 is 16.8 Å². The Bertz CT molecular complexity index is 1330. The van der Waals surface area contributed by atoms with E-state index in [4.69, 9.17) is 0 Å². The molecule has 0 fully saturated rings. The smallest absolute Gasteiger partial charge is 0.224 e. The molecule has 5 aromatic rings. The number of benzene rings is 3. The van der Waals surface area contributed by atoms with Gasteiger partial charge in [0.25, 0.3) is 0 Å². The summed E-state index contributed by atoms with van der Waals surface area (Å²) < 4.78 is 1.91. The molecule has 1 amide bonds. The molecule has 0 aliphatic rings. The van der Waals surface area contributed by atoms with Crippen molar-refractivity contribution in [2.24, 2.45) is 0 Å². The van der Waals surface area contributed by atoms with Crippen molar-refractivity contribution in [3.63, 3.8) is 0 Å². The number of nitrogens with zero attached hydrogens (tertiary/aromatic N) is 2. The highest BCUT2D eigenvalue weighted by Crippen LogP contribution is 2.24. The zero-order valence-electron chi connectivity index (χ0n) is 17.7. The van der Waals surface area contributed by atoms with Crippen LogP contribution in [0.2, 0.25) is 0 Å².